The number of nitrogens with zero attached hydrogens (tertiary/aromatic N) is 1. The molecule has 0 saturated carbocycles. The summed E-state index contributed by atoms with van der Waals surface area (Å²) in [7, 11) is 0. The number of carbonyl (C=O) groups excluding carboxylic acids is 1. The second kappa shape index (κ2) is 5.89. The Morgan fingerprint density at radius 3 is 2.72 bits per heavy atom. The van der Waals surface area contributed by atoms with E-state index in [1.807, 2.05) is 13.8 Å². The van der Waals surface area contributed by atoms with Gasteiger partial charge >= 0.3 is 12.0 Å². The molecule has 2 N–H and O–H groups in total. The number of amides is 2. The fourth-order valence-corrected chi connectivity index (χ4v) is 2.27. The van der Waals surface area contributed by atoms with Gasteiger partial charge in [-0.05, 0) is 26.2 Å². The maximum absolute atomic E-state index is 11.9. The number of carbonyl (C=O) groups is 2. The third kappa shape index (κ3) is 3.03. The molecule has 1 aliphatic rings. The zero-order valence-corrected chi connectivity index (χ0v) is 11.1. The van der Waals surface area contributed by atoms with Gasteiger partial charge in [0.2, 0.25) is 0 Å². The lowest BCUT2D eigenvalue weighted by Gasteiger charge is -2.24. The lowest BCUT2D eigenvalue weighted by molar-refractivity contribution is -0.148. The fourth-order valence-electron chi connectivity index (χ4n) is 2.27. The molecule has 0 spiro atoms. The highest BCUT2D eigenvalue weighted by molar-refractivity contribution is 5.79. The van der Waals surface area contributed by atoms with Crippen molar-refractivity contribution < 1.29 is 14.7 Å². The quantitative estimate of drug-likeness (QED) is 0.736. The first kappa shape index (κ1) is 14.5. The van der Waals surface area contributed by atoms with E-state index in [4.69, 9.17) is 0 Å². The molecular weight excluding hydrogens is 232 g/mol. The van der Waals surface area contributed by atoms with Crippen molar-refractivity contribution in [3.8, 4) is 0 Å². The van der Waals surface area contributed by atoms with Crippen LogP contribution in [0.25, 0.3) is 0 Å². The summed E-state index contributed by atoms with van der Waals surface area (Å²) in [6, 6.07) is -0.155. The van der Waals surface area contributed by atoms with Gasteiger partial charge in [-0.25, -0.2) is 4.79 Å². The van der Waals surface area contributed by atoms with Gasteiger partial charge < -0.3 is 15.3 Å². The van der Waals surface area contributed by atoms with Crippen LogP contribution >= 0.6 is 0 Å². The van der Waals surface area contributed by atoms with Crippen molar-refractivity contribution in [2.75, 3.05) is 13.1 Å². The smallest absolute Gasteiger partial charge is 0.317 e. The van der Waals surface area contributed by atoms with Crippen molar-refractivity contribution >= 4 is 12.0 Å². The van der Waals surface area contributed by atoms with E-state index in [9.17, 15) is 14.7 Å². The number of likely N-dealkylation sites (tertiary alicyclic amines) is 1. The van der Waals surface area contributed by atoms with Gasteiger partial charge in [0, 0.05) is 19.1 Å². The van der Waals surface area contributed by atoms with Crippen LogP contribution in [0.4, 0.5) is 4.79 Å². The molecule has 1 fully saturated rings. The second-order valence-electron chi connectivity index (χ2n) is 4.99. The molecule has 1 rings (SSSR count). The van der Waals surface area contributed by atoms with Gasteiger partial charge in [0.15, 0.2) is 0 Å². The summed E-state index contributed by atoms with van der Waals surface area (Å²) >= 11 is 0. The highest BCUT2D eigenvalue weighted by Crippen LogP contribution is 2.34. The Labute approximate surface area is 108 Å². The molecule has 1 heterocycles. The number of aliphatic carboxylic acids is 1. The van der Waals surface area contributed by atoms with Gasteiger partial charge in [0.1, 0.15) is 0 Å². The molecule has 102 valence electrons. The van der Waals surface area contributed by atoms with E-state index in [1.165, 1.54) is 0 Å². The van der Waals surface area contributed by atoms with Gasteiger partial charge in [-0.3, -0.25) is 4.79 Å². The van der Waals surface area contributed by atoms with Crippen LogP contribution in [0.1, 0.15) is 33.1 Å². The van der Waals surface area contributed by atoms with Crippen LogP contribution in [0.2, 0.25) is 0 Å². The van der Waals surface area contributed by atoms with E-state index < -0.39 is 11.4 Å². The largest absolute Gasteiger partial charge is 0.481 e. The van der Waals surface area contributed by atoms with Crippen molar-refractivity contribution in [1.82, 2.24) is 10.2 Å². The average molecular weight is 254 g/mol. The predicted octanol–water partition coefficient (Wildman–Crippen LogP) is 1.85. The molecule has 2 unspecified atom stereocenters. The number of rotatable bonds is 5. The monoisotopic (exact) mass is 254 g/mol. The highest BCUT2D eigenvalue weighted by atomic mass is 16.4. The van der Waals surface area contributed by atoms with Crippen molar-refractivity contribution in [3.63, 3.8) is 0 Å². The Balaban J connectivity index is 2.58. The summed E-state index contributed by atoms with van der Waals surface area (Å²) in [6.45, 7) is 8.19. The average Bonchev–Trinajstić information content (AvgIpc) is 2.74. The SMILES string of the molecule is C=CCC(C)NC(=O)N1CCC(CC)(C(=O)O)C1. The van der Waals surface area contributed by atoms with Crippen LogP contribution in [0.3, 0.4) is 0 Å². The van der Waals surface area contributed by atoms with Crippen LogP contribution in [0.15, 0.2) is 12.7 Å². The van der Waals surface area contributed by atoms with E-state index in [2.05, 4.69) is 11.9 Å². The predicted molar refractivity (Wildman–Crippen MR) is 69.4 cm³/mol. The summed E-state index contributed by atoms with van der Waals surface area (Å²) in [5.41, 5.74) is -0.765. The molecule has 1 saturated heterocycles. The number of nitrogens with one attached hydrogen (secondary N) is 1. The molecule has 0 aromatic rings. The van der Waals surface area contributed by atoms with Gasteiger partial charge in [-0.2, -0.15) is 0 Å². The van der Waals surface area contributed by atoms with Crippen molar-refractivity contribution in [3.05, 3.63) is 12.7 Å². The lowest BCUT2D eigenvalue weighted by Crippen LogP contribution is -2.44. The van der Waals surface area contributed by atoms with Crippen molar-refractivity contribution in [2.45, 2.75) is 39.2 Å². The molecule has 5 heteroatoms. The number of hydrogen-bond donors (Lipinski definition) is 2. The standard InChI is InChI=1S/C13H22N2O3/c1-4-6-10(3)14-12(18)15-8-7-13(5-2,9-15)11(16)17/h4,10H,1,5-9H2,2-3H3,(H,14,18)(H,16,17). The lowest BCUT2D eigenvalue weighted by atomic mass is 9.84. The van der Waals surface area contributed by atoms with Crippen LogP contribution in [0, 0.1) is 5.41 Å². The molecule has 0 radical (unpaired) electrons. The van der Waals surface area contributed by atoms with Crippen molar-refractivity contribution in [2.24, 2.45) is 5.41 Å². The fraction of sp³-hybridized carbons (Fsp3) is 0.692. The van der Waals surface area contributed by atoms with Gasteiger partial charge in [0.25, 0.3) is 0 Å². The maximum Gasteiger partial charge on any atom is 0.317 e. The summed E-state index contributed by atoms with van der Waals surface area (Å²) in [5.74, 6) is -0.806. The number of carboxylic acid groups (broad SMARTS) is 1. The summed E-state index contributed by atoms with van der Waals surface area (Å²) in [5, 5.41) is 12.1. The first-order valence-electron chi connectivity index (χ1n) is 6.35. The summed E-state index contributed by atoms with van der Waals surface area (Å²) in [6.07, 6.45) is 3.54. The number of hydrogen-bond acceptors (Lipinski definition) is 2. The summed E-state index contributed by atoms with van der Waals surface area (Å²) in [4.78, 5) is 24.8. The molecule has 2 amide bonds. The van der Waals surface area contributed by atoms with Crippen LogP contribution in [0.5, 0.6) is 0 Å². The molecule has 0 aromatic heterocycles. The molecule has 0 aromatic carbocycles. The van der Waals surface area contributed by atoms with Crippen LogP contribution in [-0.4, -0.2) is 41.1 Å². The Kier molecular flexibility index (Phi) is 4.76. The third-order valence-electron chi connectivity index (χ3n) is 3.66. The van der Waals surface area contributed by atoms with E-state index in [0.717, 1.165) is 0 Å². The molecule has 5 nitrogen and oxygen atoms in total. The second-order valence-corrected chi connectivity index (χ2v) is 4.99. The van der Waals surface area contributed by atoms with Crippen LogP contribution in [-0.2, 0) is 4.79 Å². The van der Waals surface area contributed by atoms with E-state index in [1.54, 1.807) is 11.0 Å². The molecule has 0 aliphatic carbocycles. The minimum absolute atomic E-state index is 0.0245. The summed E-state index contributed by atoms with van der Waals surface area (Å²) < 4.78 is 0. The van der Waals surface area contributed by atoms with Crippen LogP contribution < -0.4 is 5.32 Å². The van der Waals surface area contributed by atoms with E-state index in [0.29, 0.717) is 32.4 Å². The normalized spacial score (nSPS) is 24.7. The highest BCUT2D eigenvalue weighted by Gasteiger charge is 2.44. The molecule has 2 atom stereocenters. The van der Waals surface area contributed by atoms with Gasteiger partial charge in [-0.15, -0.1) is 6.58 Å². The minimum Gasteiger partial charge on any atom is -0.481 e. The minimum atomic E-state index is -0.806. The number of carboxylic acids is 1. The van der Waals surface area contributed by atoms with E-state index in [-0.39, 0.29) is 12.1 Å². The number of urea groups is 1. The molecule has 18 heavy (non-hydrogen) atoms. The van der Waals surface area contributed by atoms with Gasteiger partial charge in [-0.1, -0.05) is 13.0 Å². The molecule has 0 bridgehead atoms. The Bertz CT molecular complexity index is 343. The van der Waals surface area contributed by atoms with Gasteiger partial charge in [0.05, 0.1) is 5.41 Å². The zero-order valence-electron chi connectivity index (χ0n) is 11.1. The topological polar surface area (TPSA) is 69.6 Å². The maximum atomic E-state index is 11.9. The molecule has 1 aliphatic heterocycles. The Morgan fingerprint density at radius 2 is 2.28 bits per heavy atom. The Hall–Kier alpha value is -1.52. The zero-order chi connectivity index (χ0) is 13.8. The first-order valence-corrected chi connectivity index (χ1v) is 6.35. The third-order valence-corrected chi connectivity index (χ3v) is 3.66. The first-order chi connectivity index (χ1) is 8.45. The van der Waals surface area contributed by atoms with E-state index >= 15 is 0 Å². The Morgan fingerprint density at radius 1 is 1.61 bits per heavy atom. The molecular formula is C13H22N2O3. The van der Waals surface area contributed by atoms with Crippen molar-refractivity contribution in [1.29, 1.82) is 0 Å².